The van der Waals surface area contributed by atoms with Gasteiger partial charge in [-0.1, -0.05) is 12.8 Å². The van der Waals surface area contributed by atoms with E-state index in [0.29, 0.717) is 6.04 Å². The maximum atomic E-state index is 4.95. The fourth-order valence-electron chi connectivity index (χ4n) is 1.34. The first-order chi connectivity index (χ1) is 5.33. The van der Waals surface area contributed by atoms with Crippen molar-refractivity contribution in [2.75, 3.05) is 20.3 Å². The molecule has 11 heavy (non-hydrogen) atoms. The number of rotatable bonds is 6. The molecule has 1 rings (SSSR count). The average Bonchev–Trinajstić information content (AvgIpc) is 2.72. The van der Waals surface area contributed by atoms with Crippen molar-refractivity contribution in [2.24, 2.45) is 5.92 Å². The Balaban J connectivity index is 1.87. The predicted molar refractivity (Wildman–Crippen MR) is 46.7 cm³/mol. The van der Waals surface area contributed by atoms with E-state index in [9.17, 15) is 0 Å². The summed E-state index contributed by atoms with van der Waals surface area (Å²) >= 11 is 0. The maximum absolute atomic E-state index is 4.95. The molecule has 2 heteroatoms. The van der Waals surface area contributed by atoms with Crippen LogP contribution in [0.15, 0.2) is 0 Å². The van der Waals surface area contributed by atoms with Crippen LogP contribution in [0.25, 0.3) is 0 Å². The van der Waals surface area contributed by atoms with Crippen LogP contribution in [0.3, 0.4) is 0 Å². The summed E-state index contributed by atoms with van der Waals surface area (Å²) < 4.78 is 4.95. The lowest BCUT2D eigenvalue weighted by Crippen LogP contribution is -2.29. The number of hydrogen-bond donors (Lipinski definition) is 1. The van der Waals surface area contributed by atoms with Gasteiger partial charge in [-0.2, -0.15) is 0 Å². The van der Waals surface area contributed by atoms with Crippen LogP contribution >= 0.6 is 0 Å². The topological polar surface area (TPSA) is 21.3 Å². The molecule has 1 fully saturated rings. The lowest BCUT2D eigenvalue weighted by atomic mass is 10.2. The van der Waals surface area contributed by atoms with E-state index in [1.165, 1.54) is 19.3 Å². The maximum Gasteiger partial charge on any atom is 0.0587 e. The van der Waals surface area contributed by atoms with Gasteiger partial charge >= 0.3 is 0 Å². The molecule has 0 aromatic carbocycles. The molecule has 1 aliphatic carbocycles. The largest absolute Gasteiger partial charge is 0.383 e. The quantitative estimate of drug-likeness (QED) is 0.589. The molecule has 0 radical (unpaired) electrons. The van der Waals surface area contributed by atoms with Gasteiger partial charge in [0, 0.05) is 19.7 Å². The van der Waals surface area contributed by atoms with E-state index in [2.05, 4.69) is 12.2 Å². The van der Waals surface area contributed by atoms with Crippen molar-refractivity contribution < 1.29 is 4.74 Å². The number of ether oxygens (including phenoxy) is 1. The minimum Gasteiger partial charge on any atom is -0.383 e. The SMILES string of the molecule is COCCNC(C)CC1CC1. The monoisotopic (exact) mass is 157 g/mol. The second kappa shape index (κ2) is 4.73. The molecule has 2 nitrogen and oxygen atoms in total. The van der Waals surface area contributed by atoms with Crippen molar-refractivity contribution in [1.29, 1.82) is 0 Å². The minimum absolute atomic E-state index is 0.678. The van der Waals surface area contributed by atoms with Gasteiger partial charge in [0.15, 0.2) is 0 Å². The average molecular weight is 157 g/mol. The summed E-state index contributed by atoms with van der Waals surface area (Å²) in [6.07, 6.45) is 4.26. The molecular weight excluding hydrogens is 138 g/mol. The van der Waals surface area contributed by atoms with Gasteiger partial charge < -0.3 is 10.1 Å². The van der Waals surface area contributed by atoms with E-state index in [0.717, 1.165) is 19.1 Å². The molecule has 1 unspecified atom stereocenters. The molecule has 1 aliphatic rings. The van der Waals surface area contributed by atoms with E-state index >= 15 is 0 Å². The summed E-state index contributed by atoms with van der Waals surface area (Å²) in [5.74, 6) is 1.03. The van der Waals surface area contributed by atoms with Crippen molar-refractivity contribution in [3.63, 3.8) is 0 Å². The molecule has 0 saturated heterocycles. The van der Waals surface area contributed by atoms with Crippen LogP contribution in [0.2, 0.25) is 0 Å². The molecule has 0 aromatic heterocycles. The van der Waals surface area contributed by atoms with Gasteiger partial charge in [0.1, 0.15) is 0 Å². The van der Waals surface area contributed by atoms with Gasteiger partial charge in [-0.25, -0.2) is 0 Å². The molecule has 66 valence electrons. The van der Waals surface area contributed by atoms with Crippen molar-refractivity contribution >= 4 is 0 Å². The molecule has 1 saturated carbocycles. The summed E-state index contributed by atoms with van der Waals surface area (Å²) in [4.78, 5) is 0. The van der Waals surface area contributed by atoms with Crippen molar-refractivity contribution in [3.8, 4) is 0 Å². The Labute approximate surface area is 69.3 Å². The molecular formula is C9H19NO. The number of hydrogen-bond acceptors (Lipinski definition) is 2. The summed E-state index contributed by atoms with van der Waals surface area (Å²) in [6.45, 7) is 4.08. The summed E-state index contributed by atoms with van der Waals surface area (Å²) in [6, 6.07) is 0.678. The smallest absolute Gasteiger partial charge is 0.0587 e. The molecule has 1 N–H and O–H groups in total. The number of methoxy groups -OCH3 is 1. The van der Waals surface area contributed by atoms with Crippen LogP contribution in [-0.2, 0) is 4.74 Å². The van der Waals surface area contributed by atoms with Crippen LogP contribution in [-0.4, -0.2) is 26.3 Å². The first-order valence-electron chi connectivity index (χ1n) is 4.55. The van der Waals surface area contributed by atoms with E-state index in [4.69, 9.17) is 4.74 Å². The van der Waals surface area contributed by atoms with E-state index < -0.39 is 0 Å². The lowest BCUT2D eigenvalue weighted by molar-refractivity contribution is 0.195. The molecule has 0 amide bonds. The Morgan fingerprint density at radius 1 is 1.55 bits per heavy atom. The third kappa shape index (κ3) is 4.38. The summed E-state index contributed by atoms with van der Waals surface area (Å²) in [5.41, 5.74) is 0. The highest BCUT2D eigenvalue weighted by Gasteiger charge is 2.22. The molecule has 0 heterocycles. The Bertz CT molecular complexity index is 102. The molecule has 0 aromatic rings. The van der Waals surface area contributed by atoms with Crippen LogP contribution < -0.4 is 5.32 Å². The zero-order valence-corrected chi connectivity index (χ0v) is 7.60. The normalized spacial score (nSPS) is 20.2. The van der Waals surface area contributed by atoms with E-state index in [-0.39, 0.29) is 0 Å². The highest BCUT2D eigenvalue weighted by atomic mass is 16.5. The second-order valence-electron chi connectivity index (χ2n) is 3.53. The minimum atomic E-state index is 0.678. The third-order valence-electron chi connectivity index (χ3n) is 2.18. The fraction of sp³-hybridized carbons (Fsp3) is 1.00. The third-order valence-corrected chi connectivity index (χ3v) is 2.18. The fourth-order valence-corrected chi connectivity index (χ4v) is 1.34. The Morgan fingerprint density at radius 3 is 2.82 bits per heavy atom. The Morgan fingerprint density at radius 2 is 2.27 bits per heavy atom. The second-order valence-corrected chi connectivity index (χ2v) is 3.53. The van der Waals surface area contributed by atoms with Crippen LogP contribution in [0, 0.1) is 5.92 Å². The molecule has 0 aliphatic heterocycles. The summed E-state index contributed by atoms with van der Waals surface area (Å²) in [7, 11) is 1.74. The van der Waals surface area contributed by atoms with Crippen molar-refractivity contribution in [2.45, 2.75) is 32.2 Å². The van der Waals surface area contributed by atoms with Gasteiger partial charge in [-0.3, -0.25) is 0 Å². The number of nitrogens with one attached hydrogen (secondary N) is 1. The molecule has 0 spiro atoms. The van der Waals surface area contributed by atoms with Crippen LogP contribution in [0.1, 0.15) is 26.2 Å². The van der Waals surface area contributed by atoms with Gasteiger partial charge in [-0.15, -0.1) is 0 Å². The zero-order chi connectivity index (χ0) is 8.10. The van der Waals surface area contributed by atoms with Crippen LogP contribution in [0.5, 0.6) is 0 Å². The highest BCUT2D eigenvalue weighted by molar-refractivity contribution is 4.77. The lowest BCUT2D eigenvalue weighted by Gasteiger charge is -2.12. The predicted octanol–water partition coefficient (Wildman–Crippen LogP) is 1.41. The summed E-state index contributed by atoms with van der Waals surface area (Å²) in [5, 5.41) is 3.43. The first-order valence-corrected chi connectivity index (χ1v) is 4.55. The Kier molecular flexibility index (Phi) is 3.87. The molecule has 1 atom stereocenters. The van der Waals surface area contributed by atoms with Gasteiger partial charge in [0.05, 0.1) is 6.61 Å². The van der Waals surface area contributed by atoms with E-state index in [1.807, 2.05) is 0 Å². The van der Waals surface area contributed by atoms with Crippen molar-refractivity contribution in [1.82, 2.24) is 5.32 Å². The standard InChI is InChI=1S/C9H19NO/c1-8(7-9-3-4-9)10-5-6-11-2/h8-10H,3-7H2,1-2H3. The van der Waals surface area contributed by atoms with Gasteiger partial charge in [-0.05, 0) is 19.3 Å². The molecule has 0 bridgehead atoms. The Hall–Kier alpha value is -0.0800. The van der Waals surface area contributed by atoms with Crippen LogP contribution in [0.4, 0.5) is 0 Å². The van der Waals surface area contributed by atoms with Gasteiger partial charge in [0.2, 0.25) is 0 Å². The van der Waals surface area contributed by atoms with Gasteiger partial charge in [0.25, 0.3) is 0 Å². The van der Waals surface area contributed by atoms with E-state index in [1.54, 1.807) is 7.11 Å². The zero-order valence-electron chi connectivity index (χ0n) is 7.60. The first kappa shape index (κ1) is 9.01. The van der Waals surface area contributed by atoms with Crippen molar-refractivity contribution in [3.05, 3.63) is 0 Å². The highest BCUT2D eigenvalue weighted by Crippen LogP contribution is 2.33.